The van der Waals surface area contributed by atoms with Gasteiger partial charge in [-0.15, -0.1) is 0 Å². The maximum Gasteiger partial charge on any atom is 0.329 e. The highest BCUT2D eigenvalue weighted by Crippen LogP contribution is 2.38. The smallest absolute Gasteiger partial charge is 0.329 e. The number of unbranched alkanes of at least 4 members (excludes halogenated alkanes) is 1. The quantitative estimate of drug-likeness (QED) is 0.0341. The van der Waals surface area contributed by atoms with Crippen LogP contribution >= 0.6 is 0 Å². The second kappa shape index (κ2) is 37.3. The number of nitrogens with zero attached hydrogens (tertiary/aromatic N) is 1. The van der Waals surface area contributed by atoms with Crippen LogP contribution in [0.4, 0.5) is 0 Å². The first kappa shape index (κ1) is 77.8. The number of hydrogen-bond donors (Lipinski definition) is 6. The molecule has 512 valence electrons. The second-order valence-electron chi connectivity index (χ2n) is 26.0. The van der Waals surface area contributed by atoms with E-state index in [0.29, 0.717) is 76.3 Å². The van der Waals surface area contributed by atoms with Crippen LogP contribution in [0.3, 0.4) is 0 Å². The minimum atomic E-state index is -4.27. The highest BCUT2D eigenvalue weighted by Gasteiger charge is 2.53. The Balaban J connectivity index is 1.80. The molecule has 0 spiro atoms. The highest BCUT2D eigenvalue weighted by molar-refractivity contribution is 7.87. The number of hydrogen-bond acceptors (Lipinski definition) is 19. The molecule has 23 nitrogen and oxygen atoms in total. The summed E-state index contributed by atoms with van der Waals surface area (Å²) in [6.45, 7) is 17.8. The Morgan fingerprint density at radius 1 is 0.856 bits per heavy atom. The fourth-order valence-corrected chi connectivity index (χ4v) is 13.5. The molecule has 24 heteroatoms. The number of Topliss-reactive ketones (excluding diaryl/α,β-unsaturated/α-hetero) is 3. The van der Waals surface area contributed by atoms with Crippen LogP contribution in [0.1, 0.15) is 166 Å². The molecule has 4 aliphatic rings. The number of nitrogens with two attached hydrogens (primary N) is 2. The lowest BCUT2D eigenvalue weighted by atomic mass is 9.78. The van der Waals surface area contributed by atoms with Crippen molar-refractivity contribution < 1.29 is 85.4 Å². The molecule has 0 aromatic carbocycles. The molecule has 1 saturated carbocycles. The summed E-state index contributed by atoms with van der Waals surface area (Å²) in [5.41, 5.74) is 6.78. The zero-order valence-corrected chi connectivity index (χ0v) is 56.5. The molecule has 3 fully saturated rings. The topological polar surface area (TPSA) is 338 Å². The molecule has 0 aromatic rings. The molecule has 0 aromatic heterocycles. The van der Waals surface area contributed by atoms with E-state index in [1.165, 1.54) is 7.11 Å². The Morgan fingerprint density at radius 3 is 2.21 bits per heavy atom. The highest BCUT2D eigenvalue weighted by atomic mass is 32.2. The number of methoxy groups -OCH3 is 3. The standard InChI is InChI=1S/C66H109N5O18S/c1-39-21-15-14-16-22-40(2)55(83-11)37-50-27-25-45(7)66(80,89-50)61(75)63(77)71-30-20-18-24-52(71)65(79)87-56(42(4)35-49-26-28-54(86-32-31-72)57(36-49)84-12)38-53(73)41(3)34-44(6)59(60(85-13)58(74)43(5)33-39)88-64(78)47(9)46(8)48(10)69-62(76)51(23-17-19-29-67)70-90(68,81)82/h14-16,21-22,34,39,41-43,45-52,54-57,59-60,70,72,80H,17-20,23-33,35-38,67H2,1-13H3,(H,69,76)(H2,68,81,82)/b16-14+,21-15+,40-22+,44-34+/t39-,41-,42-,43-,45-,46+,47+,48-,49+,50+,51+,52+,54-,55+,56?,57-,59-,60+,66-/m1/s1. The zero-order chi connectivity index (χ0) is 67.2. The lowest BCUT2D eigenvalue weighted by Crippen LogP contribution is -2.61. The molecular formula is C66H109N5O18S. The van der Waals surface area contributed by atoms with Gasteiger partial charge in [0.15, 0.2) is 18.0 Å². The van der Waals surface area contributed by atoms with Gasteiger partial charge in [-0.05, 0) is 139 Å². The summed E-state index contributed by atoms with van der Waals surface area (Å²) in [4.78, 5) is 103. The fourth-order valence-electron chi connectivity index (χ4n) is 12.9. The predicted octanol–water partition coefficient (Wildman–Crippen LogP) is 5.82. The monoisotopic (exact) mass is 1290 g/mol. The van der Waals surface area contributed by atoms with Gasteiger partial charge < -0.3 is 59.3 Å². The van der Waals surface area contributed by atoms with Crippen molar-refractivity contribution in [1.82, 2.24) is 14.9 Å². The van der Waals surface area contributed by atoms with Crippen LogP contribution in [0.15, 0.2) is 47.6 Å². The number of amides is 2. The summed E-state index contributed by atoms with van der Waals surface area (Å²) in [7, 11) is 0.222. The van der Waals surface area contributed by atoms with Crippen LogP contribution in [0.25, 0.3) is 0 Å². The van der Waals surface area contributed by atoms with Gasteiger partial charge in [0, 0.05) is 64.5 Å². The minimum Gasteiger partial charge on any atom is -0.460 e. The molecule has 90 heavy (non-hydrogen) atoms. The number of rotatable bonds is 21. The summed E-state index contributed by atoms with van der Waals surface area (Å²) in [5.74, 6) is -12.1. The SMILES string of the molecule is CO[C@H]1C[C@@H]2CC[C@@H](C)[C@@](O)(O2)C(=O)C(=O)N2CCCC[C@H]2C(=O)OC([C@H](C)C[C@@H]2CC[C@@H](OCCO)[C@H](OC)C2)CC(=O)[C@H](C)/C=C(\C)[C@@H](OC(=O)[C@@H](C)[C@H](C)[C@@H](C)NC(=O)[C@H](CCCCN)NS(N)(=O)=O)[C@@H](OC)C(=O)[C@H](C)C[C@H](C)/C=C/C=C/C=C/1C. The molecule has 4 rings (SSSR count). The number of fused-ring (bicyclic) bond motifs is 3. The first-order chi connectivity index (χ1) is 42.4. The second-order valence-corrected chi connectivity index (χ2v) is 27.3. The maximum atomic E-state index is 14.9. The van der Waals surface area contributed by atoms with Crippen molar-refractivity contribution in [2.45, 2.75) is 232 Å². The number of piperidine rings is 1. The van der Waals surface area contributed by atoms with Crippen molar-refractivity contribution in [2.75, 3.05) is 47.6 Å². The lowest BCUT2D eigenvalue weighted by Gasteiger charge is -2.42. The van der Waals surface area contributed by atoms with E-state index in [9.17, 15) is 52.2 Å². The first-order valence-electron chi connectivity index (χ1n) is 32.5. The maximum absolute atomic E-state index is 14.9. The fraction of sp³-hybridized carbons (Fsp3) is 0.773. The van der Waals surface area contributed by atoms with Gasteiger partial charge >= 0.3 is 11.9 Å². The van der Waals surface area contributed by atoms with Crippen LogP contribution < -0.4 is 20.9 Å². The molecule has 2 bridgehead atoms. The van der Waals surface area contributed by atoms with E-state index in [1.807, 2.05) is 51.2 Å². The number of carbonyl (C=O) groups is 7. The van der Waals surface area contributed by atoms with Crippen molar-refractivity contribution >= 4 is 51.3 Å². The normalized spacial score (nSPS) is 34.0. The number of ether oxygens (including phenoxy) is 7. The van der Waals surface area contributed by atoms with Gasteiger partial charge in [-0.1, -0.05) is 91.3 Å². The summed E-state index contributed by atoms with van der Waals surface area (Å²) in [5, 5.41) is 29.7. The molecule has 19 atom stereocenters. The summed E-state index contributed by atoms with van der Waals surface area (Å²) >= 11 is 0. The van der Waals surface area contributed by atoms with Crippen LogP contribution in [0, 0.1) is 47.3 Å². The Morgan fingerprint density at radius 2 is 1.57 bits per heavy atom. The van der Waals surface area contributed by atoms with Gasteiger partial charge in [0.1, 0.15) is 24.0 Å². The Hall–Kier alpha value is -4.60. The van der Waals surface area contributed by atoms with E-state index in [-0.39, 0.29) is 81.1 Å². The van der Waals surface area contributed by atoms with Crippen LogP contribution in [-0.4, -0.2) is 179 Å². The van der Waals surface area contributed by atoms with Gasteiger partial charge in [-0.25, -0.2) is 9.93 Å². The van der Waals surface area contributed by atoms with E-state index >= 15 is 0 Å². The third-order valence-corrected chi connectivity index (χ3v) is 19.6. The Bertz CT molecular complexity index is 2610. The van der Waals surface area contributed by atoms with E-state index in [2.05, 4.69) is 10.0 Å². The van der Waals surface area contributed by atoms with Crippen LogP contribution in [0.2, 0.25) is 0 Å². The number of aliphatic hydroxyl groups is 2. The van der Waals surface area contributed by atoms with Crippen molar-refractivity contribution in [3.05, 3.63) is 47.6 Å². The third-order valence-electron chi connectivity index (χ3n) is 19.0. The number of nitrogens with one attached hydrogen (secondary N) is 2. The summed E-state index contributed by atoms with van der Waals surface area (Å²) < 4.78 is 68.9. The summed E-state index contributed by atoms with van der Waals surface area (Å²) in [6, 6.07) is -3.15. The number of carbonyl (C=O) groups excluding carboxylic acids is 7. The van der Waals surface area contributed by atoms with Crippen molar-refractivity contribution in [2.24, 2.45) is 58.2 Å². The Labute approximate surface area is 535 Å². The minimum absolute atomic E-state index is 0.0240. The van der Waals surface area contributed by atoms with E-state index in [1.54, 1.807) is 68.8 Å². The van der Waals surface area contributed by atoms with Crippen LogP contribution in [0.5, 0.6) is 0 Å². The number of cyclic esters (lactones) is 1. The molecule has 8 N–H and O–H groups in total. The molecular weight excluding hydrogens is 1180 g/mol. The number of esters is 2. The molecule has 3 heterocycles. The Kier molecular flexibility index (Phi) is 32.3. The van der Waals surface area contributed by atoms with Crippen molar-refractivity contribution in [3.8, 4) is 0 Å². The number of ketones is 3. The molecule has 1 aliphatic carbocycles. The van der Waals surface area contributed by atoms with E-state index < -0.39 is 130 Å². The van der Waals surface area contributed by atoms with Gasteiger partial charge in [-0.2, -0.15) is 13.1 Å². The molecule has 2 amide bonds. The predicted molar refractivity (Wildman–Crippen MR) is 339 cm³/mol. The van der Waals surface area contributed by atoms with Crippen molar-refractivity contribution in [3.63, 3.8) is 0 Å². The largest absolute Gasteiger partial charge is 0.460 e. The van der Waals surface area contributed by atoms with Crippen LogP contribution in [-0.2, 0) is 76.9 Å². The zero-order valence-electron chi connectivity index (χ0n) is 55.7. The summed E-state index contributed by atoms with van der Waals surface area (Å²) in [6.07, 6.45) is 11.4. The van der Waals surface area contributed by atoms with E-state index in [4.69, 9.17) is 44.0 Å². The molecule has 2 saturated heterocycles. The lowest BCUT2D eigenvalue weighted by molar-refractivity contribution is -0.265. The third kappa shape index (κ3) is 22.9. The van der Waals surface area contributed by atoms with Gasteiger partial charge in [-0.3, -0.25) is 28.8 Å². The van der Waals surface area contributed by atoms with Crippen molar-refractivity contribution in [1.29, 1.82) is 0 Å². The first-order valence-corrected chi connectivity index (χ1v) is 34.0. The molecule has 1 unspecified atom stereocenters. The van der Waals surface area contributed by atoms with Gasteiger partial charge in [0.2, 0.25) is 11.7 Å². The molecule has 0 radical (unpaired) electrons. The van der Waals surface area contributed by atoms with Gasteiger partial charge in [0.25, 0.3) is 21.9 Å². The van der Waals surface area contributed by atoms with E-state index in [0.717, 1.165) is 16.9 Å². The number of allylic oxidation sites excluding steroid dienone is 6. The average Bonchev–Trinajstić information content (AvgIpc) is 0.852. The number of aliphatic hydroxyl groups excluding tert-OH is 1. The average molecular weight is 1290 g/mol. The molecule has 3 aliphatic heterocycles. The van der Waals surface area contributed by atoms with Gasteiger partial charge in [0.05, 0.1) is 43.5 Å².